The Morgan fingerprint density at radius 1 is 1.40 bits per heavy atom. The van der Waals surface area contributed by atoms with Crippen molar-refractivity contribution >= 4 is 23.5 Å². The molecule has 7 heteroatoms. The van der Waals surface area contributed by atoms with Crippen LogP contribution in [0.25, 0.3) is 0 Å². The van der Waals surface area contributed by atoms with Gasteiger partial charge in [0.2, 0.25) is 0 Å². The van der Waals surface area contributed by atoms with E-state index < -0.39 is 24.0 Å². The molecule has 0 aromatic heterocycles. The van der Waals surface area contributed by atoms with E-state index >= 15 is 0 Å². The van der Waals surface area contributed by atoms with Crippen molar-refractivity contribution in [2.45, 2.75) is 18.6 Å². The number of aliphatic hydroxyl groups excluding tert-OH is 1. The van der Waals surface area contributed by atoms with Crippen LogP contribution in [0.2, 0.25) is 5.02 Å². The van der Waals surface area contributed by atoms with Gasteiger partial charge >= 0.3 is 5.97 Å². The number of aliphatic hydroxyl groups is 1. The summed E-state index contributed by atoms with van der Waals surface area (Å²) in [5.74, 6) is -1.27. The molecule has 1 heterocycles. The summed E-state index contributed by atoms with van der Waals surface area (Å²) in [6.07, 6.45) is -0.784. The Hall–Kier alpha value is -1.79. The maximum Gasteiger partial charge on any atom is 0.326 e. The molecule has 1 aromatic carbocycles. The Morgan fingerprint density at radius 3 is 2.75 bits per heavy atom. The summed E-state index contributed by atoms with van der Waals surface area (Å²) in [7, 11) is 0. The SMILES string of the molecule is O=C(O)[C@@H]1CC(O)CN1C(=O)COc1ccccc1Cl. The van der Waals surface area contributed by atoms with Crippen molar-refractivity contribution in [1.29, 1.82) is 0 Å². The van der Waals surface area contributed by atoms with E-state index in [4.69, 9.17) is 21.4 Å². The number of rotatable bonds is 4. The molecule has 1 amide bonds. The maximum atomic E-state index is 12.0. The van der Waals surface area contributed by atoms with Gasteiger partial charge in [-0.15, -0.1) is 0 Å². The Balaban J connectivity index is 1.98. The quantitative estimate of drug-likeness (QED) is 0.857. The van der Waals surface area contributed by atoms with Crippen LogP contribution < -0.4 is 4.74 Å². The van der Waals surface area contributed by atoms with Crippen molar-refractivity contribution in [1.82, 2.24) is 4.90 Å². The predicted octanol–water partition coefficient (Wildman–Crippen LogP) is 0.765. The monoisotopic (exact) mass is 299 g/mol. The fourth-order valence-corrected chi connectivity index (χ4v) is 2.30. The van der Waals surface area contributed by atoms with E-state index in [0.717, 1.165) is 4.90 Å². The predicted molar refractivity (Wildman–Crippen MR) is 70.7 cm³/mol. The number of carbonyl (C=O) groups is 2. The Bertz CT molecular complexity index is 521. The summed E-state index contributed by atoms with van der Waals surface area (Å²) in [6, 6.07) is 5.68. The lowest BCUT2D eigenvalue weighted by atomic mass is 10.2. The van der Waals surface area contributed by atoms with Gasteiger partial charge in [-0.3, -0.25) is 4.79 Å². The molecule has 1 fully saturated rings. The first-order chi connectivity index (χ1) is 9.49. The fourth-order valence-electron chi connectivity index (χ4n) is 2.11. The minimum absolute atomic E-state index is 0.00167. The maximum absolute atomic E-state index is 12.0. The molecule has 0 bridgehead atoms. The van der Waals surface area contributed by atoms with Crippen LogP contribution in [-0.4, -0.2) is 52.3 Å². The number of likely N-dealkylation sites (tertiary alicyclic amines) is 1. The normalized spacial score (nSPS) is 21.8. The summed E-state index contributed by atoms with van der Waals surface area (Å²) in [5, 5.41) is 18.9. The molecule has 2 N–H and O–H groups in total. The molecule has 1 aromatic rings. The highest BCUT2D eigenvalue weighted by molar-refractivity contribution is 6.32. The van der Waals surface area contributed by atoms with Crippen molar-refractivity contribution in [2.24, 2.45) is 0 Å². The molecule has 108 valence electrons. The minimum Gasteiger partial charge on any atom is -0.482 e. The summed E-state index contributed by atoms with van der Waals surface area (Å²) in [5.41, 5.74) is 0. The van der Waals surface area contributed by atoms with Crippen LogP contribution in [-0.2, 0) is 9.59 Å². The number of nitrogens with zero attached hydrogens (tertiary/aromatic N) is 1. The van der Waals surface area contributed by atoms with E-state index in [1.54, 1.807) is 24.3 Å². The van der Waals surface area contributed by atoms with E-state index in [9.17, 15) is 14.7 Å². The summed E-state index contributed by atoms with van der Waals surface area (Å²) < 4.78 is 5.28. The van der Waals surface area contributed by atoms with Gasteiger partial charge in [0.05, 0.1) is 11.1 Å². The molecule has 1 aliphatic heterocycles. The topological polar surface area (TPSA) is 87.1 Å². The van der Waals surface area contributed by atoms with Crippen LogP contribution in [0.4, 0.5) is 0 Å². The van der Waals surface area contributed by atoms with Crippen molar-refractivity contribution in [2.75, 3.05) is 13.2 Å². The van der Waals surface area contributed by atoms with Gasteiger partial charge in [0.15, 0.2) is 6.61 Å². The third-order valence-electron chi connectivity index (χ3n) is 3.07. The molecule has 2 rings (SSSR count). The number of aliphatic carboxylic acids is 1. The van der Waals surface area contributed by atoms with E-state index in [1.165, 1.54) is 0 Å². The van der Waals surface area contributed by atoms with E-state index in [1.807, 2.05) is 0 Å². The van der Waals surface area contributed by atoms with Gasteiger partial charge < -0.3 is 19.8 Å². The van der Waals surface area contributed by atoms with Gasteiger partial charge in [-0.2, -0.15) is 0 Å². The van der Waals surface area contributed by atoms with Crippen LogP contribution in [0.3, 0.4) is 0 Å². The van der Waals surface area contributed by atoms with E-state index in [0.29, 0.717) is 10.8 Å². The van der Waals surface area contributed by atoms with Gasteiger partial charge in [-0.05, 0) is 12.1 Å². The van der Waals surface area contributed by atoms with Crippen LogP contribution in [0.1, 0.15) is 6.42 Å². The zero-order chi connectivity index (χ0) is 14.7. The highest BCUT2D eigenvalue weighted by atomic mass is 35.5. The van der Waals surface area contributed by atoms with E-state index in [-0.39, 0.29) is 19.6 Å². The standard InChI is InChI=1S/C13H14ClNO5/c14-9-3-1-2-4-11(9)20-7-12(17)15-6-8(16)5-10(15)13(18)19/h1-4,8,10,16H,5-7H2,(H,18,19)/t8?,10-/m0/s1. The van der Waals surface area contributed by atoms with Crippen LogP contribution in [0.15, 0.2) is 24.3 Å². The number of ether oxygens (including phenoxy) is 1. The Labute approximate surface area is 120 Å². The Morgan fingerprint density at radius 2 is 2.10 bits per heavy atom. The lowest BCUT2D eigenvalue weighted by Crippen LogP contribution is -2.42. The van der Waals surface area contributed by atoms with E-state index in [2.05, 4.69) is 0 Å². The number of carboxylic acid groups (broad SMARTS) is 1. The number of carbonyl (C=O) groups excluding carboxylic acids is 1. The molecule has 1 aliphatic rings. The zero-order valence-corrected chi connectivity index (χ0v) is 11.3. The molecule has 20 heavy (non-hydrogen) atoms. The second-order valence-electron chi connectivity index (χ2n) is 4.51. The summed E-state index contributed by atoms with van der Waals surface area (Å²) in [6.45, 7) is -0.318. The average molecular weight is 300 g/mol. The van der Waals surface area contributed by atoms with Gasteiger partial charge in [-0.1, -0.05) is 23.7 Å². The molecular formula is C13H14ClNO5. The molecular weight excluding hydrogens is 286 g/mol. The number of halogens is 1. The van der Waals surface area contributed by atoms with Crippen LogP contribution >= 0.6 is 11.6 Å². The van der Waals surface area contributed by atoms with Crippen molar-refractivity contribution in [3.8, 4) is 5.75 Å². The third-order valence-corrected chi connectivity index (χ3v) is 3.38. The molecule has 0 spiro atoms. The largest absolute Gasteiger partial charge is 0.482 e. The molecule has 1 saturated heterocycles. The van der Waals surface area contributed by atoms with Gasteiger partial charge in [0, 0.05) is 13.0 Å². The average Bonchev–Trinajstić information content (AvgIpc) is 2.80. The number of carboxylic acids is 1. The smallest absolute Gasteiger partial charge is 0.326 e. The molecule has 0 radical (unpaired) electrons. The highest BCUT2D eigenvalue weighted by Crippen LogP contribution is 2.24. The lowest BCUT2D eigenvalue weighted by Gasteiger charge is -2.21. The minimum atomic E-state index is -1.13. The second-order valence-corrected chi connectivity index (χ2v) is 4.92. The number of hydrogen-bond acceptors (Lipinski definition) is 4. The molecule has 1 unspecified atom stereocenters. The van der Waals surface area contributed by atoms with Crippen molar-refractivity contribution in [3.63, 3.8) is 0 Å². The summed E-state index contributed by atoms with van der Waals surface area (Å²) >= 11 is 5.89. The van der Waals surface area contributed by atoms with Crippen molar-refractivity contribution in [3.05, 3.63) is 29.3 Å². The fraction of sp³-hybridized carbons (Fsp3) is 0.385. The first-order valence-electron chi connectivity index (χ1n) is 6.06. The Kier molecular flexibility index (Phi) is 4.46. The first-order valence-corrected chi connectivity index (χ1v) is 6.44. The number of amides is 1. The van der Waals surface area contributed by atoms with Crippen molar-refractivity contribution < 1.29 is 24.5 Å². The first kappa shape index (κ1) is 14.6. The molecule has 0 saturated carbocycles. The second kappa shape index (κ2) is 6.11. The number of benzene rings is 1. The number of para-hydroxylation sites is 1. The van der Waals surface area contributed by atoms with Gasteiger partial charge in [0.25, 0.3) is 5.91 Å². The molecule has 0 aliphatic carbocycles. The number of hydrogen-bond donors (Lipinski definition) is 2. The third kappa shape index (κ3) is 3.20. The summed E-state index contributed by atoms with van der Waals surface area (Å²) in [4.78, 5) is 24.1. The number of β-amino-alcohol motifs (C(OH)–C–C–N with tert-alkyl or cyclic N) is 1. The highest BCUT2D eigenvalue weighted by Gasteiger charge is 2.38. The van der Waals surface area contributed by atoms with Crippen LogP contribution in [0, 0.1) is 0 Å². The molecule has 2 atom stereocenters. The van der Waals surface area contributed by atoms with Crippen LogP contribution in [0.5, 0.6) is 5.75 Å². The van der Waals surface area contributed by atoms with Gasteiger partial charge in [-0.25, -0.2) is 4.79 Å². The lowest BCUT2D eigenvalue weighted by molar-refractivity contribution is -0.148. The zero-order valence-electron chi connectivity index (χ0n) is 10.5. The van der Waals surface area contributed by atoms with Gasteiger partial charge in [0.1, 0.15) is 11.8 Å². The molecule has 6 nitrogen and oxygen atoms in total.